The van der Waals surface area contributed by atoms with Crippen LogP contribution < -0.4 is 5.73 Å². The number of nitrogens with two attached hydrogens (primary N) is 1. The summed E-state index contributed by atoms with van der Waals surface area (Å²) in [5.74, 6) is 1.71. The normalized spacial score (nSPS) is 23.4. The van der Waals surface area contributed by atoms with Crippen LogP contribution in [-0.4, -0.2) is 30.6 Å². The van der Waals surface area contributed by atoms with Crippen LogP contribution in [0.3, 0.4) is 0 Å². The molecule has 0 spiro atoms. The summed E-state index contributed by atoms with van der Waals surface area (Å²) in [4.78, 5) is 2.59. The summed E-state index contributed by atoms with van der Waals surface area (Å²) in [5, 5.41) is 0. The van der Waals surface area contributed by atoms with Crippen LogP contribution in [0.4, 0.5) is 0 Å². The van der Waals surface area contributed by atoms with Crippen LogP contribution >= 0.6 is 0 Å². The Hall–Kier alpha value is -0.860. The molecule has 1 unspecified atom stereocenters. The number of benzene rings is 1. The zero-order valence-corrected chi connectivity index (χ0v) is 11.8. The molecule has 1 heterocycles. The number of likely N-dealkylation sites (tertiary alicyclic amines) is 1. The third kappa shape index (κ3) is 3.80. The summed E-state index contributed by atoms with van der Waals surface area (Å²) in [6.45, 7) is 3.62. The predicted molar refractivity (Wildman–Crippen MR) is 80.0 cm³/mol. The molecule has 1 saturated carbocycles. The summed E-state index contributed by atoms with van der Waals surface area (Å²) >= 11 is 0. The summed E-state index contributed by atoms with van der Waals surface area (Å²) in [6.07, 6.45) is 6.67. The maximum absolute atomic E-state index is 6.23. The molecule has 1 aliphatic carbocycles. The number of piperidine rings is 1. The fourth-order valence-electron chi connectivity index (χ4n) is 3.29. The van der Waals surface area contributed by atoms with Gasteiger partial charge in [0.25, 0.3) is 0 Å². The van der Waals surface area contributed by atoms with Gasteiger partial charge in [0.2, 0.25) is 0 Å². The number of hydrogen-bond acceptors (Lipinski definition) is 2. The van der Waals surface area contributed by atoms with Crippen molar-refractivity contribution in [3.8, 4) is 0 Å². The maximum atomic E-state index is 6.23. The molecule has 0 bridgehead atoms. The van der Waals surface area contributed by atoms with Gasteiger partial charge in [-0.3, -0.25) is 0 Å². The van der Waals surface area contributed by atoms with Crippen LogP contribution in [0, 0.1) is 11.8 Å². The van der Waals surface area contributed by atoms with Gasteiger partial charge >= 0.3 is 0 Å². The van der Waals surface area contributed by atoms with Gasteiger partial charge in [0.1, 0.15) is 0 Å². The standard InChI is InChI=1S/C17H26N2/c18-17(16-6-7-16)13-19-10-8-15(9-11-19)12-14-4-2-1-3-5-14/h1-5,15-17H,6-13,18H2. The first-order chi connectivity index (χ1) is 9.31. The summed E-state index contributed by atoms with van der Waals surface area (Å²) in [5.41, 5.74) is 7.72. The van der Waals surface area contributed by atoms with Crippen molar-refractivity contribution in [2.75, 3.05) is 19.6 Å². The van der Waals surface area contributed by atoms with Crippen molar-refractivity contribution < 1.29 is 0 Å². The SMILES string of the molecule is NC(CN1CCC(Cc2ccccc2)CC1)C1CC1. The first-order valence-electron chi connectivity index (χ1n) is 7.83. The Morgan fingerprint density at radius 2 is 1.74 bits per heavy atom. The van der Waals surface area contributed by atoms with Crippen LogP contribution in [0.25, 0.3) is 0 Å². The quantitative estimate of drug-likeness (QED) is 0.880. The fourth-order valence-corrected chi connectivity index (χ4v) is 3.29. The van der Waals surface area contributed by atoms with Crippen LogP contribution in [0.2, 0.25) is 0 Å². The largest absolute Gasteiger partial charge is 0.326 e. The first-order valence-corrected chi connectivity index (χ1v) is 7.83. The van der Waals surface area contributed by atoms with Crippen molar-refractivity contribution in [1.29, 1.82) is 0 Å². The molecule has 104 valence electrons. The average molecular weight is 258 g/mol. The third-order valence-electron chi connectivity index (χ3n) is 4.77. The van der Waals surface area contributed by atoms with E-state index in [0.717, 1.165) is 18.4 Å². The highest BCUT2D eigenvalue weighted by Crippen LogP contribution is 2.32. The molecule has 2 N–H and O–H groups in total. The van der Waals surface area contributed by atoms with Crippen LogP contribution in [0.1, 0.15) is 31.2 Å². The first kappa shape index (κ1) is 13.1. The van der Waals surface area contributed by atoms with Gasteiger partial charge in [0, 0.05) is 12.6 Å². The lowest BCUT2D eigenvalue weighted by Crippen LogP contribution is -2.43. The second-order valence-corrected chi connectivity index (χ2v) is 6.43. The average Bonchev–Trinajstić information content (AvgIpc) is 3.27. The highest BCUT2D eigenvalue weighted by Gasteiger charge is 2.30. The molecule has 19 heavy (non-hydrogen) atoms. The third-order valence-corrected chi connectivity index (χ3v) is 4.77. The minimum atomic E-state index is 0.436. The lowest BCUT2D eigenvalue weighted by Gasteiger charge is -2.33. The monoisotopic (exact) mass is 258 g/mol. The molecule has 1 aromatic carbocycles. The van der Waals surface area contributed by atoms with Crippen molar-refractivity contribution in [3.63, 3.8) is 0 Å². The smallest absolute Gasteiger partial charge is 0.0196 e. The summed E-state index contributed by atoms with van der Waals surface area (Å²) in [7, 11) is 0. The van der Waals surface area contributed by atoms with Gasteiger partial charge < -0.3 is 10.6 Å². The van der Waals surface area contributed by atoms with E-state index < -0.39 is 0 Å². The van der Waals surface area contributed by atoms with Crippen molar-refractivity contribution in [2.24, 2.45) is 17.6 Å². The topological polar surface area (TPSA) is 29.3 Å². The Balaban J connectivity index is 1.41. The molecule has 1 aliphatic heterocycles. The fraction of sp³-hybridized carbons (Fsp3) is 0.647. The Kier molecular flexibility index (Phi) is 4.19. The maximum Gasteiger partial charge on any atom is 0.0196 e. The number of nitrogens with zero attached hydrogens (tertiary/aromatic N) is 1. The zero-order chi connectivity index (χ0) is 13.1. The highest BCUT2D eigenvalue weighted by molar-refractivity contribution is 5.15. The molecule has 0 radical (unpaired) electrons. The second-order valence-electron chi connectivity index (χ2n) is 6.43. The van der Waals surface area contributed by atoms with Crippen molar-refractivity contribution in [1.82, 2.24) is 4.90 Å². The van der Waals surface area contributed by atoms with E-state index in [-0.39, 0.29) is 0 Å². The van der Waals surface area contributed by atoms with E-state index in [0.29, 0.717) is 6.04 Å². The van der Waals surface area contributed by atoms with Gasteiger partial charge in [-0.25, -0.2) is 0 Å². The van der Waals surface area contributed by atoms with Crippen LogP contribution in [0.5, 0.6) is 0 Å². The van der Waals surface area contributed by atoms with E-state index >= 15 is 0 Å². The van der Waals surface area contributed by atoms with Gasteiger partial charge in [0.05, 0.1) is 0 Å². The van der Waals surface area contributed by atoms with E-state index in [1.165, 1.54) is 50.8 Å². The van der Waals surface area contributed by atoms with E-state index in [4.69, 9.17) is 5.73 Å². The second kappa shape index (κ2) is 6.06. The molecule has 2 heteroatoms. The Morgan fingerprint density at radius 3 is 2.37 bits per heavy atom. The van der Waals surface area contributed by atoms with E-state index in [1.54, 1.807) is 0 Å². The molecule has 0 amide bonds. The summed E-state index contributed by atoms with van der Waals surface area (Å²) in [6, 6.07) is 11.4. The Morgan fingerprint density at radius 1 is 1.05 bits per heavy atom. The molecular weight excluding hydrogens is 232 g/mol. The van der Waals surface area contributed by atoms with Crippen molar-refractivity contribution in [2.45, 2.75) is 38.1 Å². The lowest BCUT2D eigenvalue weighted by molar-refractivity contribution is 0.171. The van der Waals surface area contributed by atoms with E-state index in [2.05, 4.69) is 35.2 Å². The van der Waals surface area contributed by atoms with Crippen molar-refractivity contribution >= 4 is 0 Å². The molecular formula is C17H26N2. The van der Waals surface area contributed by atoms with Gasteiger partial charge in [0.15, 0.2) is 0 Å². The lowest BCUT2D eigenvalue weighted by atomic mass is 9.90. The minimum absolute atomic E-state index is 0.436. The van der Waals surface area contributed by atoms with E-state index in [9.17, 15) is 0 Å². The van der Waals surface area contributed by atoms with Gasteiger partial charge in [-0.15, -0.1) is 0 Å². The molecule has 0 aromatic heterocycles. The highest BCUT2D eigenvalue weighted by atomic mass is 15.1. The molecule has 1 saturated heterocycles. The van der Waals surface area contributed by atoms with Gasteiger partial charge in [-0.05, 0) is 62.6 Å². The summed E-state index contributed by atoms with van der Waals surface area (Å²) < 4.78 is 0. The Labute approximate surface area is 117 Å². The van der Waals surface area contributed by atoms with Gasteiger partial charge in [-0.1, -0.05) is 30.3 Å². The van der Waals surface area contributed by atoms with Crippen LogP contribution in [-0.2, 0) is 6.42 Å². The molecule has 2 fully saturated rings. The molecule has 1 aromatic rings. The molecule has 2 aliphatic rings. The zero-order valence-electron chi connectivity index (χ0n) is 11.8. The number of hydrogen-bond donors (Lipinski definition) is 1. The van der Waals surface area contributed by atoms with Gasteiger partial charge in [-0.2, -0.15) is 0 Å². The number of rotatable bonds is 5. The predicted octanol–water partition coefficient (Wildman–Crippen LogP) is 2.68. The molecule has 2 nitrogen and oxygen atoms in total. The molecule has 1 atom stereocenters. The van der Waals surface area contributed by atoms with Crippen molar-refractivity contribution in [3.05, 3.63) is 35.9 Å². The van der Waals surface area contributed by atoms with E-state index in [1.807, 2.05) is 0 Å². The Bertz CT molecular complexity index is 378. The molecule has 3 rings (SSSR count). The minimum Gasteiger partial charge on any atom is -0.326 e. The van der Waals surface area contributed by atoms with Crippen LogP contribution in [0.15, 0.2) is 30.3 Å².